The largest absolute Gasteiger partial charge is 0.496 e. The average molecular weight is 436 g/mol. The summed E-state index contributed by atoms with van der Waals surface area (Å²) in [6.07, 6.45) is 1.73. The van der Waals surface area contributed by atoms with Crippen LogP contribution in [0, 0.1) is 5.82 Å². The predicted molar refractivity (Wildman–Crippen MR) is 113 cm³/mol. The van der Waals surface area contributed by atoms with Gasteiger partial charge < -0.3 is 14.8 Å². The van der Waals surface area contributed by atoms with Gasteiger partial charge in [-0.05, 0) is 31.2 Å². The molecule has 6 nitrogen and oxygen atoms in total. The second kappa shape index (κ2) is 9.76. The van der Waals surface area contributed by atoms with E-state index in [1.807, 2.05) is 12.1 Å². The lowest BCUT2D eigenvalue weighted by Gasteiger charge is -2.13. The van der Waals surface area contributed by atoms with Crippen LogP contribution in [-0.2, 0) is 9.53 Å². The molecule has 0 amide bonds. The van der Waals surface area contributed by atoms with Crippen molar-refractivity contribution in [3.8, 4) is 5.75 Å². The van der Waals surface area contributed by atoms with Crippen LogP contribution in [0.3, 0.4) is 0 Å². The molecule has 9 heteroatoms. The topological polar surface area (TPSA) is 73.3 Å². The van der Waals surface area contributed by atoms with Gasteiger partial charge in [-0.25, -0.2) is 14.4 Å². The van der Waals surface area contributed by atoms with Crippen molar-refractivity contribution in [2.24, 2.45) is 0 Å². The number of nitrogens with one attached hydrogen (secondary N) is 1. The Morgan fingerprint density at radius 3 is 2.83 bits per heavy atom. The number of thioether (sulfide) groups is 1. The van der Waals surface area contributed by atoms with Crippen molar-refractivity contribution in [1.82, 2.24) is 9.97 Å². The second-order valence-electron chi connectivity index (χ2n) is 5.90. The van der Waals surface area contributed by atoms with Gasteiger partial charge >= 0.3 is 5.97 Å². The van der Waals surface area contributed by atoms with Gasteiger partial charge in [-0.15, -0.1) is 11.8 Å². The molecule has 3 aromatic rings. The zero-order valence-corrected chi connectivity index (χ0v) is 17.4. The molecule has 152 valence electrons. The molecule has 0 radical (unpaired) electrons. The molecule has 0 fully saturated rings. The third-order valence-corrected chi connectivity index (χ3v) is 5.30. The Labute approximate surface area is 176 Å². The smallest absolute Gasteiger partial charge is 0.306 e. The summed E-state index contributed by atoms with van der Waals surface area (Å²) in [6, 6.07) is 8.06. The van der Waals surface area contributed by atoms with Gasteiger partial charge in [0.25, 0.3) is 0 Å². The summed E-state index contributed by atoms with van der Waals surface area (Å²) < 4.78 is 23.8. The van der Waals surface area contributed by atoms with Crippen LogP contribution in [0.15, 0.2) is 41.6 Å². The molecule has 0 unspecified atom stereocenters. The minimum atomic E-state index is -0.491. The average Bonchev–Trinajstić information content (AvgIpc) is 2.71. The molecular weight excluding hydrogens is 417 g/mol. The van der Waals surface area contributed by atoms with E-state index in [0.29, 0.717) is 41.6 Å². The van der Waals surface area contributed by atoms with Crippen molar-refractivity contribution in [3.63, 3.8) is 0 Å². The monoisotopic (exact) mass is 435 g/mol. The molecule has 0 aliphatic heterocycles. The molecule has 29 heavy (non-hydrogen) atoms. The number of nitrogens with zero attached hydrogens (tertiary/aromatic N) is 2. The summed E-state index contributed by atoms with van der Waals surface area (Å²) in [5, 5.41) is 3.92. The summed E-state index contributed by atoms with van der Waals surface area (Å²) in [5.74, 6) is 1.02. The van der Waals surface area contributed by atoms with Crippen LogP contribution >= 0.6 is 23.4 Å². The maximum atomic E-state index is 13.4. The third kappa shape index (κ3) is 5.27. The zero-order valence-electron chi connectivity index (χ0n) is 15.9. The van der Waals surface area contributed by atoms with Gasteiger partial charge in [0, 0.05) is 22.9 Å². The molecule has 0 atom stereocenters. The number of benzene rings is 2. The van der Waals surface area contributed by atoms with Crippen LogP contribution in [0.25, 0.3) is 10.9 Å². The molecular formula is C20H19ClFN3O3S. The normalized spacial score (nSPS) is 10.8. The highest BCUT2D eigenvalue weighted by molar-refractivity contribution is 7.99. The number of esters is 1. The standard InChI is InChI=1S/C20H19ClFN3O3S/c1-3-28-19(26)6-7-29-18-9-13-16(10-17(18)27-2)23-11-24-20(13)25-12-4-5-15(22)14(21)8-12/h4-5,8-11H,3,6-7H2,1-2H3,(H,23,24,25). The number of hydrogen-bond donors (Lipinski definition) is 1. The summed E-state index contributed by atoms with van der Waals surface area (Å²) in [5.41, 5.74) is 1.28. The van der Waals surface area contributed by atoms with Crippen LogP contribution in [0.2, 0.25) is 5.02 Å². The van der Waals surface area contributed by atoms with E-state index in [1.165, 1.54) is 30.2 Å². The first-order valence-electron chi connectivity index (χ1n) is 8.85. The molecule has 2 aromatic carbocycles. The first-order valence-corrected chi connectivity index (χ1v) is 10.2. The highest BCUT2D eigenvalue weighted by atomic mass is 35.5. The summed E-state index contributed by atoms with van der Waals surface area (Å²) in [6.45, 7) is 2.14. The maximum Gasteiger partial charge on any atom is 0.306 e. The first-order chi connectivity index (χ1) is 14.0. The van der Waals surface area contributed by atoms with Crippen molar-refractivity contribution < 1.29 is 18.7 Å². The molecule has 0 bridgehead atoms. The van der Waals surface area contributed by atoms with Crippen molar-refractivity contribution in [1.29, 1.82) is 0 Å². The van der Waals surface area contributed by atoms with Crippen LogP contribution in [-0.4, -0.2) is 35.4 Å². The lowest BCUT2D eigenvalue weighted by Crippen LogP contribution is -2.04. The Kier molecular flexibility index (Phi) is 7.11. The number of methoxy groups -OCH3 is 1. The number of ether oxygens (including phenoxy) is 2. The highest BCUT2D eigenvalue weighted by Gasteiger charge is 2.13. The predicted octanol–water partition coefficient (Wildman–Crippen LogP) is 5.22. The summed E-state index contributed by atoms with van der Waals surface area (Å²) >= 11 is 7.34. The number of hydrogen-bond acceptors (Lipinski definition) is 7. The number of halogens is 2. The molecule has 1 aromatic heterocycles. The van der Waals surface area contributed by atoms with Crippen molar-refractivity contribution in [2.75, 3.05) is 24.8 Å². The van der Waals surface area contributed by atoms with E-state index in [0.717, 1.165) is 10.3 Å². The molecule has 0 saturated heterocycles. The minimum absolute atomic E-state index is 0.0187. The molecule has 0 aliphatic rings. The Bertz CT molecular complexity index is 1040. The van der Waals surface area contributed by atoms with Crippen molar-refractivity contribution in [3.05, 3.63) is 47.5 Å². The number of rotatable bonds is 8. The summed E-state index contributed by atoms with van der Waals surface area (Å²) in [4.78, 5) is 21.0. The van der Waals surface area contributed by atoms with Crippen molar-refractivity contribution >= 4 is 51.7 Å². The Morgan fingerprint density at radius 1 is 1.28 bits per heavy atom. The number of aromatic nitrogens is 2. The lowest BCUT2D eigenvalue weighted by molar-refractivity contribution is -0.142. The first kappa shape index (κ1) is 21.1. The lowest BCUT2D eigenvalue weighted by atomic mass is 10.2. The number of carbonyl (C=O) groups excluding carboxylic acids is 1. The molecule has 0 aliphatic carbocycles. The molecule has 0 saturated carbocycles. The molecule has 1 N–H and O–H groups in total. The van der Waals surface area contributed by atoms with Crippen LogP contribution in [0.1, 0.15) is 13.3 Å². The van der Waals surface area contributed by atoms with E-state index >= 15 is 0 Å². The van der Waals surface area contributed by atoms with Crippen LogP contribution in [0.4, 0.5) is 15.9 Å². The minimum Gasteiger partial charge on any atom is -0.496 e. The zero-order chi connectivity index (χ0) is 20.8. The number of anilines is 2. The SMILES string of the molecule is CCOC(=O)CCSc1cc2c(Nc3ccc(F)c(Cl)c3)ncnc2cc1OC. The van der Waals surface area contributed by atoms with E-state index in [9.17, 15) is 9.18 Å². The molecule has 0 spiro atoms. The van der Waals surface area contributed by atoms with Gasteiger partial charge in [0.2, 0.25) is 0 Å². The van der Waals surface area contributed by atoms with Crippen LogP contribution < -0.4 is 10.1 Å². The van der Waals surface area contributed by atoms with Crippen molar-refractivity contribution in [2.45, 2.75) is 18.2 Å². The van der Waals surface area contributed by atoms with Gasteiger partial charge in [-0.1, -0.05) is 11.6 Å². The Hall–Kier alpha value is -2.58. The van der Waals surface area contributed by atoms with E-state index in [1.54, 1.807) is 20.1 Å². The maximum absolute atomic E-state index is 13.4. The number of fused-ring (bicyclic) bond motifs is 1. The van der Waals surface area contributed by atoms with E-state index in [-0.39, 0.29) is 11.0 Å². The van der Waals surface area contributed by atoms with Gasteiger partial charge in [-0.2, -0.15) is 0 Å². The number of carbonyl (C=O) groups is 1. The van der Waals surface area contributed by atoms with Crippen LogP contribution in [0.5, 0.6) is 5.75 Å². The van der Waals surface area contributed by atoms with E-state index in [2.05, 4.69) is 15.3 Å². The third-order valence-electron chi connectivity index (χ3n) is 3.97. The second-order valence-corrected chi connectivity index (χ2v) is 7.44. The summed E-state index contributed by atoms with van der Waals surface area (Å²) in [7, 11) is 1.58. The fraction of sp³-hybridized carbons (Fsp3) is 0.250. The van der Waals surface area contributed by atoms with E-state index in [4.69, 9.17) is 21.1 Å². The fourth-order valence-electron chi connectivity index (χ4n) is 2.62. The molecule has 3 rings (SSSR count). The van der Waals surface area contributed by atoms with Gasteiger partial charge in [0.1, 0.15) is 23.7 Å². The van der Waals surface area contributed by atoms with E-state index < -0.39 is 5.82 Å². The Morgan fingerprint density at radius 2 is 2.10 bits per heavy atom. The highest BCUT2D eigenvalue weighted by Crippen LogP contribution is 2.36. The van der Waals surface area contributed by atoms with Gasteiger partial charge in [-0.3, -0.25) is 4.79 Å². The molecule has 1 heterocycles. The van der Waals surface area contributed by atoms with Gasteiger partial charge in [0.05, 0.1) is 35.6 Å². The Balaban J connectivity index is 1.89. The van der Waals surface area contributed by atoms with Gasteiger partial charge in [0.15, 0.2) is 0 Å². The quantitative estimate of drug-likeness (QED) is 0.384. The fourth-order valence-corrected chi connectivity index (χ4v) is 3.78.